The molecule has 0 saturated carbocycles. The molecule has 3 aliphatic rings. The van der Waals surface area contributed by atoms with E-state index in [4.69, 9.17) is 18.3 Å². The molecule has 2 aliphatic heterocycles. The maximum Gasteiger partial charge on any atom is 0.285 e. The highest BCUT2D eigenvalue weighted by molar-refractivity contribution is 6.99. The molecule has 0 unspecified atom stereocenters. The van der Waals surface area contributed by atoms with Crippen molar-refractivity contribution in [2.45, 2.75) is 12.8 Å². The van der Waals surface area contributed by atoms with E-state index in [1.165, 1.54) is 0 Å². The van der Waals surface area contributed by atoms with Gasteiger partial charge >= 0.3 is 0 Å². The van der Waals surface area contributed by atoms with Crippen molar-refractivity contribution in [1.82, 2.24) is 0 Å². The van der Waals surface area contributed by atoms with Crippen LogP contribution >= 0.6 is 0 Å². The summed E-state index contributed by atoms with van der Waals surface area (Å²) in [6, 6.07) is 14.0. The summed E-state index contributed by atoms with van der Waals surface area (Å²) in [5.74, 6) is 3.73. The van der Waals surface area contributed by atoms with Crippen LogP contribution in [-0.4, -0.2) is 6.71 Å². The van der Waals surface area contributed by atoms with Crippen LogP contribution in [0.1, 0.15) is 17.7 Å². The molecule has 4 nitrogen and oxygen atoms in total. The fourth-order valence-corrected chi connectivity index (χ4v) is 4.63. The highest BCUT2D eigenvalue weighted by Gasteiger charge is 2.46. The second kappa shape index (κ2) is 4.68. The lowest BCUT2D eigenvalue weighted by atomic mass is 9.34. The average molecular weight is 352 g/mol. The number of rotatable bonds is 0. The van der Waals surface area contributed by atoms with Crippen molar-refractivity contribution in [2.24, 2.45) is 0 Å². The van der Waals surface area contributed by atoms with Crippen molar-refractivity contribution in [3.8, 4) is 23.4 Å². The third kappa shape index (κ3) is 1.65. The fraction of sp³-hybridized carbons (Fsp3) is 0.0909. The molecule has 4 aromatic rings. The van der Waals surface area contributed by atoms with Crippen LogP contribution in [0.5, 0.6) is 23.4 Å². The quantitative estimate of drug-likeness (QED) is 0.391. The lowest BCUT2D eigenvalue weighted by Gasteiger charge is -2.28. The molecule has 27 heavy (non-hydrogen) atoms. The van der Waals surface area contributed by atoms with Crippen molar-refractivity contribution < 1.29 is 18.3 Å². The minimum Gasteiger partial charge on any atom is -0.430 e. The van der Waals surface area contributed by atoms with Gasteiger partial charge in [0.2, 0.25) is 0 Å². The largest absolute Gasteiger partial charge is 0.430 e. The van der Waals surface area contributed by atoms with Gasteiger partial charge in [-0.15, -0.1) is 0 Å². The van der Waals surface area contributed by atoms with E-state index in [1.807, 2.05) is 36.4 Å². The Hall–Kier alpha value is -3.34. The van der Waals surface area contributed by atoms with Crippen LogP contribution in [0.3, 0.4) is 0 Å². The minimum atomic E-state index is -0.0254. The Morgan fingerprint density at radius 1 is 0.778 bits per heavy atom. The molecule has 128 valence electrons. The molecule has 1 aliphatic carbocycles. The van der Waals surface area contributed by atoms with Crippen LogP contribution in [-0.2, 0) is 6.42 Å². The molecule has 0 saturated heterocycles. The van der Waals surface area contributed by atoms with Gasteiger partial charge in [0.25, 0.3) is 18.6 Å². The van der Waals surface area contributed by atoms with Crippen LogP contribution in [0.2, 0.25) is 0 Å². The number of hydrogen-bond donors (Lipinski definition) is 0. The van der Waals surface area contributed by atoms with Crippen LogP contribution < -0.4 is 25.9 Å². The van der Waals surface area contributed by atoms with Crippen molar-refractivity contribution in [3.63, 3.8) is 0 Å². The van der Waals surface area contributed by atoms with Gasteiger partial charge in [0.1, 0.15) is 22.8 Å². The predicted octanol–water partition coefficient (Wildman–Crippen LogP) is 3.71. The lowest BCUT2D eigenvalue weighted by molar-refractivity contribution is 0.330. The number of allylic oxidation sites excluding steroid dienone is 1. The summed E-state index contributed by atoms with van der Waals surface area (Å²) in [5, 5.41) is 1.07. The summed E-state index contributed by atoms with van der Waals surface area (Å²) < 4.78 is 24.5. The molecule has 0 atom stereocenters. The van der Waals surface area contributed by atoms with Gasteiger partial charge in [-0.3, -0.25) is 0 Å². The minimum absolute atomic E-state index is 0.0254. The molecular weight excluding hydrogens is 339 g/mol. The van der Waals surface area contributed by atoms with E-state index in [0.717, 1.165) is 63.0 Å². The molecular formula is C22H13BO4. The van der Waals surface area contributed by atoms with E-state index >= 15 is 0 Å². The normalized spacial score (nSPS) is 15.5. The molecule has 0 N–H and O–H groups in total. The number of hydrogen-bond acceptors (Lipinski definition) is 4. The molecule has 0 spiro atoms. The smallest absolute Gasteiger partial charge is 0.285 e. The summed E-state index contributed by atoms with van der Waals surface area (Å²) >= 11 is 0. The predicted molar refractivity (Wildman–Crippen MR) is 104 cm³/mol. The summed E-state index contributed by atoms with van der Waals surface area (Å²) in [4.78, 5) is 0. The third-order valence-corrected chi connectivity index (χ3v) is 5.75. The Morgan fingerprint density at radius 3 is 2.48 bits per heavy atom. The Kier molecular flexibility index (Phi) is 2.40. The second-order valence-electron chi connectivity index (χ2n) is 7.19. The summed E-state index contributed by atoms with van der Waals surface area (Å²) in [5.41, 5.74) is 5.15. The first-order valence-corrected chi connectivity index (χ1v) is 9.20. The standard InChI is InChI=1S/C22H13BO4/c1-3-8-14-12(6-1)18-21(24-14)26-16-10-5-11-17-20(16)23(18)19-13-7-2-4-9-15(13)25-22(19)27-17/h1-3,5-8,10-11H,4,9H2. The topological polar surface area (TPSA) is 44.7 Å². The monoisotopic (exact) mass is 352 g/mol. The van der Waals surface area contributed by atoms with E-state index in [0.29, 0.717) is 11.9 Å². The van der Waals surface area contributed by atoms with E-state index in [-0.39, 0.29) is 6.71 Å². The molecule has 5 heteroatoms. The summed E-state index contributed by atoms with van der Waals surface area (Å²) in [6.45, 7) is -0.0254. The third-order valence-electron chi connectivity index (χ3n) is 5.75. The van der Waals surface area contributed by atoms with Crippen LogP contribution in [0, 0.1) is 0 Å². The number of ether oxygens (including phenoxy) is 2. The maximum atomic E-state index is 6.17. The molecule has 2 aromatic heterocycles. The number of benzene rings is 2. The molecule has 4 heterocycles. The molecule has 0 radical (unpaired) electrons. The Bertz CT molecular complexity index is 1290. The van der Waals surface area contributed by atoms with Gasteiger partial charge in [-0.25, -0.2) is 0 Å². The van der Waals surface area contributed by atoms with Crippen LogP contribution in [0.25, 0.3) is 17.0 Å². The molecule has 2 aromatic carbocycles. The van der Waals surface area contributed by atoms with Crippen molar-refractivity contribution in [2.75, 3.05) is 0 Å². The van der Waals surface area contributed by atoms with Gasteiger partial charge in [0, 0.05) is 33.8 Å². The van der Waals surface area contributed by atoms with Gasteiger partial charge in [-0.05, 0) is 24.6 Å². The first kappa shape index (κ1) is 13.8. The number of para-hydroxylation sites is 1. The molecule has 7 rings (SSSR count). The Labute approximate surface area is 155 Å². The lowest BCUT2D eigenvalue weighted by Crippen LogP contribution is -2.57. The number of fused-ring (bicyclic) bond motifs is 8. The van der Waals surface area contributed by atoms with Gasteiger partial charge < -0.3 is 18.3 Å². The van der Waals surface area contributed by atoms with Crippen LogP contribution in [0.15, 0.2) is 57.4 Å². The summed E-state index contributed by atoms with van der Waals surface area (Å²) in [6.07, 6.45) is 6.25. The first-order valence-electron chi connectivity index (χ1n) is 9.20. The van der Waals surface area contributed by atoms with Gasteiger partial charge in [-0.2, -0.15) is 0 Å². The second-order valence-corrected chi connectivity index (χ2v) is 7.19. The average Bonchev–Trinajstić information content (AvgIpc) is 3.25. The molecule has 0 bridgehead atoms. The fourth-order valence-electron chi connectivity index (χ4n) is 4.63. The Morgan fingerprint density at radius 2 is 1.59 bits per heavy atom. The zero-order chi connectivity index (χ0) is 17.5. The highest BCUT2D eigenvalue weighted by Crippen LogP contribution is 2.39. The maximum absolute atomic E-state index is 6.17. The van der Waals surface area contributed by atoms with Crippen molar-refractivity contribution in [3.05, 3.63) is 59.9 Å². The number of furan rings is 2. The zero-order valence-corrected chi connectivity index (χ0v) is 14.3. The first-order chi connectivity index (χ1) is 13.4. The van der Waals surface area contributed by atoms with E-state index in [9.17, 15) is 0 Å². The summed E-state index contributed by atoms with van der Waals surface area (Å²) in [7, 11) is 0. The van der Waals surface area contributed by atoms with Gasteiger partial charge in [0.15, 0.2) is 0 Å². The van der Waals surface area contributed by atoms with E-state index in [2.05, 4.69) is 18.2 Å². The van der Waals surface area contributed by atoms with E-state index < -0.39 is 0 Å². The SMILES string of the molecule is C1=Cc2c(oc3c2B2c4c(cccc4Oc4oc5ccccc5c42)O3)CC1. The molecule has 0 amide bonds. The van der Waals surface area contributed by atoms with Crippen molar-refractivity contribution in [1.29, 1.82) is 0 Å². The zero-order valence-electron chi connectivity index (χ0n) is 14.3. The van der Waals surface area contributed by atoms with Crippen LogP contribution in [0.4, 0.5) is 0 Å². The Balaban J connectivity index is 1.62. The molecule has 0 fully saturated rings. The van der Waals surface area contributed by atoms with Crippen molar-refractivity contribution >= 4 is 40.1 Å². The van der Waals surface area contributed by atoms with Gasteiger partial charge in [-0.1, -0.05) is 36.4 Å². The highest BCUT2D eigenvalue weighted by atomic mass is 16.6. The van der Waals surface area contributed by atoms with Gasteiger partial charge in [0.05, 0.1) is 0 Å². The van der Waals surface area contributed by atoms with E-state index in [1.54, 1.807) is 0 Å². The number of aryl methyl sites for hydroxylation is 1.